The molecule has 0 aromatic heterocycles. The Labute approximate surface area is 124 Å². The Hall–Kier alpha value is -0.843. The molecule has 0 saturated carbocycles. The fraction of sp³-hybridized carbons (Fsp3) is 0.562. The third-order valence-corrected chi connectivity index (χ3v) is 8.35. The SMILES string of the molecule is COc1ccc(CO[CH]CO[Si](C)(C)C(C)(C)C)cc1. The molecule has 0 spiro atoms. The standard InChI is InChI=1S/C16H27O3Si/c1-16(2,3)20(5,6)19-12-11-18-13-14-7-9-15(17-4)10-8-14/h7-11H,12-13H2,1-6H3. The summed E-state index contributed by atoms with van der Waals surface area (Å²) in [5.41, 5.74) is 1.12. The van der Waals surface area contributed by atoms with Crippen LogP contribution in [-0.4, -0.2) is 22.0 Å². The number of hydrogen-bond donors (Lipinski definition) is 0. The molecule has 1 aromatic carbocycles. The Morgan fingerprint density at radius 1 is 1.10 bits per heavy atom. The highest BCUT2D eigenvalue weighted by atomic mass is 28.4. The van der Waals surface area contributed by atoms with Crippen LogP contribution in [0.15, 0.2) is 24.3 Å². The van der Waals surface area contributed by atoms with Crippen molar-refractivity contribution in [2.75, 3.05) is 13.7 Å². The average molecular weight is 295 g/mol. The zero-order valence-corrected chi connectivity index (χ0v) is 14.5. The maximum Gasteiger partial charge on any atom is 0.192 e. The van der Waals surface area contributed by atoms with E-state index in [1.807, 2.05) is 24.3 Å². The monoisotopic (exact) mass is 295 g/mol. The first kappa shape index (κ1) is 17.2. The van der Waals surface area contributed by atoms with Crippen LogP contribution in [0.2, 0.25) is 18.1 Å². The van der Waals surface area contributed by atoms with Gasteiger partial charge in [-0.25, -0.2) is 0 Å². The summed E-state index contributed by atoms with van der Waals surface area (Å²) < 4.78 is 16.7. The van der Waals surface area contributed by atoms with Gasteiger partial charge in [0.15, 0.2) is 8.32 Å². The fourth-order valence-corrected chi connectivity index (χ4v) is 2.30. The maximum atomic E-state index is 6.01. The van der Waals surface area contributed by atoms with Gasteiger partial charge in [0.05, 0.1) is 20.3 Å². The normalized spacial score (nSPS) is 12.5. The summed E-state index contributed by atoms with van der Waals surface area (Å²) >= 11 is 0. The molecular weight excluding hydrogens is 268 g/mol. The topological polar surface area (TPSA) is 27.7 Å². The highest BCUT2D eigenvalue weighted by Gasteiger charge is 2.36. The summed E-state index contributed by atoms with van der Waals surface area (Å²) in [5.74, 6) is 0.860. The lowest BCUT2D eigenvalue weighted by Crippen LogP contribution is -2.41. The predicted octanol–water partition coefficient (Wildman–Crippen LogP) is 4.40. The van der Waals surface area contributed by atoms with Gasteiger partial charge in [-0.1, -0.05) is 32.9 Å². The van der Waals surface area contributed by atoms with Crippen LogP contribution >= 0.6 is 0 Å². The number of benzene rings is 1. The maximum absolute atomic E-state index is 6.01. The zero-order valence-electron chi connectivity index (χ0n) is 13.5. The smallest absolute Gasteiger partial charge is 0.192 e. The molecule has 0 unspecified atom stereocenters. The van der Waals surface area contributed by atoms with E-state index in [1.54, 1.807) is 13.7 Å². The first-order valence-corrected chi connectivity index (χ1v) is 9.87. The molecule has 3 nitrogen and oxygen atoms in total. The molecule has 1 radical (unpaired) electrons. The van der Waals surface area contributed by atoms with Gasteiger partial charge in [0.1, 0.15) is 12.4 Å². The van der Waals surface area contributed by atoms with Gasteiger partial charge in [0, 0.05) is 0 Å². The van der Waals surface area contributed by atoms with Crippen LogP contribution in [0.25, 0.3) is 0 Å². The minimum Gasteiger partial charge on any atom is -0.497 e. The second-order valence-corrected chi connectivity index (χ2v) is 11.2. The van der Waals surface area contributed by atoms with E-state index in [0.29, 0.717) is 13.2 Å². The first-order chi connectivity index (χ1) is 9.26. The van der Waals surface area contributed by atoms with E-state index < -0.39 is 8.32 Å². The van der Waals surface area contributed by atoms with Gasteiger partial charge >= 0.3 is 0 Å². The van der Waals surface area contributed by atoms with Crippen molar-refractivity contribution in [2.24, 2.45) is 0 Å². The predicted molar refractivity (Wildman–Crippen MR) is 85.2 cm³/mol. The molecular formula is C16H27O3Si. The molecule has 0 N–H and O–H groups in total. The van der Waals surface area contributed by atoms with Crippen molar-refractivity contribution in [3.05, 3.63) is 36.4 Å². The number of methoxy groups -OCH3 is 1. The molecule has 0 aliphatic rings. The molecule has 0 saturated heterocycles. The third kappa shape index (κ3) is 5.27. The molecule has 0 amide bonds. The Bertz CT molecular complexity index is 393. The van der Waals surface area contributed by atoms with Crippen molar-refractivity contribution >= 4 is 8.32 Å². The van der Waals surface area contributed by atoms with Crippen LogP contribution in [0, 0.1) is 6.61 Å². The van der Waals surface area contributed by atoms with E-state index in [-0.39, 0.29) is 5.04 Å². The van der Waals surface area contributed by atoms with Crippen LogP contribution in [0.4, 0.5) is 0 Å². The zero-order chi connectivity index (χ0) is 15.2. The second kappa shape index (κ2) is 7.25. The molecule has 0 atom stereocenters. The summed E-state index contributed by atoms with van der Waals surface area (Å²) in [7, 11) is -0.0102. The van der Waals surface area contributed by atoms with E-state index in [9.17, 15) is 0 Å². The minimum atomic E-state index is -1.67. The van der Waals surface area contributed by atoms with Crippen molar-refractivity contribution in [3.63, 3.8) is 0 Å². The first-order valence-electron chi connectivity index (χ1n) is 6.96. The van der Waals surface area contributed by atoms with Crippen molar-refractivity contribution < 1.29 is 13.9 Å². The van der Waals surface area contributed by atoms with Gasteiger partial charge in [-0.2, -0.15) is 0 Å². The summed E-state index contributed by atoms with van der Waals surface area (Å²) in [6.07, 6.45) is 0. The third-order valence-electron chi connectivity index (χ3n) is 3.85. The molecule has 0 bridgehead atoms. The van der Waals surface area contributed by atoms with Crippen molar-refractivity contribution in [1.82, 2.24) is 0 Å². The summed E-state index contributed by atoms with van der Waals surface area (Å²) in [5, 5.41) is 0.233. The van der Waals surface area contributed by atoms with E-state index in [1.165, 1.54) is 0 Å². The summed E-state index contributed by atoms with van der Waals surface area (Å²) in [4.78, 5) is 0. The quantitative estimate of drug-likeness (QED) is 0.551. The number of ether oxygens (including phenoxy) is 2. The van der Waals surface area contributed by atoms with Crippen molar-refractivity contribution in [1.29, 1.82) is 0 Å². The lowest BCUT2D eigenvalue weighted by Gasteiger charge is -2.36. The second-order valence-electron chi connectivity index (χ2n) is 6.40. The van der Waals surface area contributed by atoms with E-state index in [0.717, 1.165) is 11.3 Å². The molecule has 1 aromatic rings. The van der Waals surface area contributed by atoms with Gasteiger partial charge < -0.3 is 13.9 Å². The molecule has 113 valence electrons. The van der Waals surface area contributed by atoms with Crippen molar-refractivity contribution in [2.45, 2.75) is 45.5 Å². The van der Waals surface area contributed by atoms with Crippen LogP contribution < -0.4 is 4.74 Å². The fourth-order valence-electron chi connectivity index (χ4n) is 1.38. The average Bonchev–Trinajstić information content (AvgIpc) is 2.37. The van der Waals surface area contributed by atoms with Gasteiger partial charge in [0.25, 0.3) is 0 Å². The Morgan fingerprint density at radius 2 is 1.70 bits per heavy atom. The largest absolute Gasteiger partial charge is 0.497 e. The summed E-state index contributed by atoms with van der Waals surface area (Å²) in [6.45, 7) is 14.0. The van der Waals surface area contributed by atoms with Gasteiger partial charge in [-0.3, -0.25) is 0 Å². The molecule has 0 aliphatic heterocycles. The van der Waals surface area contributed by atoms with Gasteiger partial charge in [-0.15, -0.1) is 0 Å². The van der Waals surface area contributed by atoms with Crippen molar-refractivity contribution in [3.8, 4) is 5.75 Å². The minimum absolute atomic E-state index is 0.233. The van der Waals surface area contributed by atoms with Crippen LogP contribution in [0.1, 0.15) is 26.3 Å². The summed E-state index contributed by atoms with van der Waals surface area (Å²) in [6, 6.07) is 7.87. The Morgan fingerprint density at radius 3 is 2.20 bits per heavy atom. The van der Waals surface area contributed by atoms with Crippen LogP contribution in [0.5, 0.6) is 5.75 Å². The highest BCUT2D eigenvalue weighted by molar-refractivity contribution is 6.74. The van der Waals surface area contributed by atoms with Gasteiger partial charge in [-0.05, 0) is 35.8 Å². The Balaban J connectivity index is 2.25. The van der Waals surface area contributed by atoms with Crippen LogP contribution in [-0.2, 0) is 15.8 Å². The van der Waals surface area contributed by atoms with Gasteiger partial charge in [0.2, 0.25) is 0 Å². The number of rotatable bonds is 7. The molecule has 20 heavy (non-hydrogen) atoms. The Kier molecular flexibility index (Phi) is 6.24. The molecule has 1 rings (SSSR count). The highest BCUT2D eigenvalue weighted by Crippen LogP contribution is 2.36. The molecule has 4 heteroatoms. The van der Waals surface area contributed by atoms with Crippen LogP contribution in [0.3, 0.4) is 0 Å². The number of hydrogen-bond acceptors (Lipinski definition) is 3. The molecule has 0 fully saturated rings. The van der Waals surface area contributed by atoms with E-state index in [4.69, 9.17) is 13.9 Å². The van der Waals surface area contributed by atoms with E-state index >= 15 is 0 Å². The lowest BCUT2D eigenvalue weighted by atomic mass is 10.2. The lowest BCUT2D eigenvalue weighted by molar-refractivity contribution is 0.142. The molecule has 0 heterocycles. The van der Waals surface area contributed by atoms with E-state index in [2.05, 4.69) is 33.9 Å². The molecule has 0 aliphatic carbocycles.